The third-order valence-corrected chi connectivity index (χ3v) is 4.77. The summed E-state index contributed by atoms with van der Waals surface area (Å²) in [6, 6.07) is 3.04. The van der Waals surface area contributed by atoms with E-state index in [-0.39, 0.29) is 24.1 Å². The van der Waals surface area contributed by atoms with Crippen LogP contribution in [0.5, 0.6) is 0 Å². The fourth-order valence-corrected chi connectivity index (χ4v) is 3.62. The van der Waals surface area contributed by atoms with E-state index in [1.807, 2.05) is 0 Å². The fraction of sp³-hybridized carbons (Fsp3) is 0.526. The molecule has 0 radical (unpaired) electrons. The number of halogens is 1. The van der Waals surface area contributed by atoms with Crippen molar-refractivity contribution < 1.29 is 23.1 Å². The number of hydrogen-bond donors (Lipinski definition) is 0. The lowest BCUT2D eigenvalue weighted by Gasteiger charge is -2.23. The SMILES string of the molecule is COCCOCc1c(C=O)oc2ccc(F)c(C3CCCCC3)c12. The minimum absolute atomic E-state index is 0.178. The maximum Gasteiger partial charge on any atom is 0.185 e. The van der Waals surface area contributed by atoms with E-state index < -0.39 is 0 Å². The van der Waals surface area contributed by atoms with Gasteiger partial charge in [-0.2, -0.15) is 0 Å². The highest BCUT2D eigenvalue weighted by atomic mass is 19.1. The predicted molar refractivity (Wildman–Crippen MR) is 88.9 cm³/mol. The molecule has 1 aromatic carbocycles. The maximum atomic E-state index is 14.6. The summed E-state index contributed by atoms with van der Waals surface area (Å²) < 4.78 is 30.8. The standard InChI is InChI=1S/C19H23FO4/c1-22-9-10-23-12-14-17(11-21)24-16-8-7-15(20)18(19(14)16)13-5-3-2-4-6-13/h7-8,11,13H,2-6,9-10,12H2,1H3. The highest BCUT2D eigenvalue weighted by Crippen LogP contribution is 2.40. The molecule has 1 aliphatic carbocycles. The lowest BCUT2D eigenvalue weighted by atomic mass is 9.82. The summed E-state index contributed by atoms with van der Waals surface area (Å²) in [7, 11) is 1.60. The van der Waals surface area contributed by atoms with Gasteiger partial charge in [0.2, 0.25) is 0 Å². The normalized spacial score (nSPS) is 15.9. The van der Waals surface area contributed by atoms with Crippen molar-refractivity contribution in [2.24, 2.45) is 0 Å². The molecule has 2 aromatic rings. The second-order valence-corrected chi connectivity index (χ2v) is 6.28. The zero-order valence-electron chi connectivity index (χ0n) is 14.0. The van der Waals surface area contributed by atoms with Crippen molar-refractivity contribution in [1.82, 2.24) is 0 Å². The van der Waals surface area contributed by atoms with Gasteiger partial charge in [-0.25, -0.2) is 4.39 Å². The second kappa shape index (κ2) is 7.90. The average Bonchev–Trinajstić information content (AvgIpc) is 2.97. The summed E-state index contributed by atoms with van der Waals surface area (Å²) in [6.07, 6.45) is 6.05. The van der Waals surface area contributed by atoms with E-state index in [0.717, 1.165) is 31.1 Å². The first kappa shape index (κ1) is 17.1. The lowest BCUT2D eigenvalue weighted by molar-refractivity contribution is 0.0613. The van der Waals surface area contributed by atoms with Crippen molar-refractivity contribution in [1.29, 1.82) is 0 Å². The molecule has 0 saturated heterocycles. The number of rotatable bonds is 7. The second-order valence-electron chi connectivity index (χ2n) is 6.28. The van der Waals surface area contributed by atoms with Crippen LogP contribution in [0, 0.1) is 5.82 Å². The third kappa shape index (κ3) is 3.37. The van der Waals surface area contributed by atoms with Gasteiger partial charge >= 0.3 is 0 Å². The Morgan fingerprint density at radius 2 is 2.04 bits per heavy atom. The van der Waals surface area contributed by atoms with Gasteiger partial charge in [0.15, 0.2) is 12.0 Å². The smallest absolute Gasteiger partial charge is 0.185 e. The highest BCUT2D eigenvalue weighted by Gasteiger charge is 2.26. The highest BCUT2D eigenvalue weighted by molar-refractivity contribution is 5.92. The van der Waals surface area contributed by atoms with Crippen molar-refractivity contribution in [3.63, 3.8) is 0 Å². The Hall–Kier alpha value is -1.72. The molecule has 0 amide bonds. The molecule has 1 fully saturated rings. The first-order valence-electron chi connectivity index (χ1n) is 8.52. The molecule has 3 rings (SSSR count). The molecule has 1 aliphatic rings. The number of aldehydes is 1. The molecule has 1 heterocycles. The van der Waals surface area contributed by atoms with Crippen LogP contribution in [0.2, 0.25) is 0 Å². The number of ether oxygens (including phenoxy) is 2. The van der Waals surface area contributed by atoms with E-state index in [1.165, 1.54) is 12.5 Å². The summed E-state index contributed by atoms with van der Waals surface area (Å²) in [5.41, 5.74) is 1.90. The van der Waals surface area contributed by atoms with Gasteiger partial charge in [-0.1, -0.05) is 19.3 Å². The Bertz CT molecular complexity index is 701. The van der Waals surface area contributed by atoms with Crippen LogP contribution < -0.4 is 0 Å². The minimum Gasteiger partial charge on any atom is -0.453 e. The Kier molecular flexibility index (Phi) is 5.63. The molecule has 0 bridgehead atoms. The van der Waals surface area contributed by atoms with Crippen LogP contribution in [-0.2, 0) is 16.1 Å². The Labute approximate surface area is 140 Å². The predicted octanol–water partition coefficient (Wildman–Crippen LogP) is 4.60. The maximum absolute atomic E-state index is 14.6. The van der Waals surface area contributed by atoms with Gasteiger partial charge in [-0.15, -0.1) is 0 Å². The number of methoxy groups -OCH3 is 1. The molecule has 4 nitrogen and oxygen atoms in total. The molecular formula is C19H23FO4. The molecule has 0 unspecified atom stereocenters. The van der Waals surface area contributed by atoms with Crippen LogP contribution in [0.15, 0.2) is 16.5 Å². The zero-order valence-corrected chi connectivity index (χ0v) is 14.0. The molecule has 130 valence electrons. The topological polar surface area (TPSA) is 48.7 Å². The van der Waals surface area contributed by atoms with Crippen LogP contribution in [0.3, 0.4) is 0 Å². The molecule has 5 heteroatoms. The third-order valence-electron chi connectivity index (χ3n) is 4.77. The molecule has 1 aromatic heterocycles. The fourth-order valence-electron chi connectivity index (χ4n) is 3.62. The Morgan fingerprint density at radius 1 is 1.25 bits per heavy atom. The number of furan rings is 1. The van der Waals surface area contributed by atoms with Crippen LogP contribution in [0.25, 0.3) is 11.0 Å². The number of hydrogen-bond acceptors (Lipinski definition) is 4. The number of fused-ring (bicyclic) bond motifs is 1. The molecular weight excluding hydrogens is 311 g/mol. The van der Waals surface area contributed by atoms with E-state index in [4.69, 9.17) is 13.9 Å². The quantitative estimate of drug-likeness (QED) is 0.549. The van der Waals surface area contributed by atoms with E-state index in [9.17, 15) is 9.18 Å². The van der Waals surface area contributed by atoms with Gasteiger partial charge in [-0.3, -0.25) is 4.79 Å². The summed E-state index contributed by atoms with van der Waals surface area (Å²) >= 11 is 0. The van der Waals surface area contributed by atoms with E-state index >= 15 is 0 Å². The minimum atomic E-state index is -0.217. The molecule has 0 spiro atoms. The number of carbonyl (C=O) groups is 1. The van der Waals surface area contributed by atoms with Crippen molar-refractivity contribution in [2.45, 2.75) is 44.6 Å². The van der Waals surface area contributed by atoms with E-state index in [2.05, 4.69) is 0 Å². The molecule has 0 atom stereocenters. The molecule has 24 heavy (non-hydrogen) atoms. The first-order valence-corrected chi connectivity index (χ1v) is 8.52. The van der Waals surface area contributed by atoms with Crippen molar-refractivity contribution in [3.05, 3.63) is 34.8 Å². The number of carbonyl (C=O) groups excluding carboxylic acids is 1. The van der Waals surface area contributed by atoms with Gasteiger partial charge in [0.25, 0.3) is 0 Å². The molecule has 1 saturated carbocycles. The largest absolute Gasteiger partial charge is 0.453 e. The van der Waals surface area contributed by atoms with Crippen LogP contribution in [-0.4, -0.2) is 26.6 Å². The van der Waals surface area contributed by atoms with Crippen LogP contribution >= 0.6 is 0 Å². The number of benzene rings is 1. The summed E-state index contributed by atoms with van der Waals surface area (Å²) in [5.74, 6) is 0.188. The van der Waals surface area contributed by atoms with Crippen LogP contribution in [0.4, 0.5) is 4.39 Å². The van der Waals surface area contributed by atoms with Gasteiger partial charge < -0.3 is 13.9 Å². The van der Waals surface area contributed by atoms with E-state index in [0.29, 0.717) is 36.2 Å². The van der Waals surface area contributed by atoms with Gasteiger partial charge in [0.1, 0.15) is 11.4 Å². The molecule has 0 N–H and O–H groups in total. The molecule has 0 aliphatic heterocycles. The zero-order chi connectivity index (χ0) is 16.9. The van der Waals surface area contributed by atoms with Crippen molar-refractivity contribution in [3.8, 4) is 0 Å². The van der Waals surface area contributed by atoms with Crippen LogP contribution in [0.1, 0.15) is 59.7 Å². The first-order chi connectivity index (χ1) is 11.8. The van der Waals surface area contributed by atoms with Gasteiger partial charge in [0, 0.05) is 23.6 Å². The van der Waals surface area contributed by atoms with Crippen molar-refractivity contribution in [2.75, 3.05) is 20.3 Å². The Morgan fingerprint density at radius 3 is 2.75 bits per heavy atom. The van der Waals surface area contributed by atoms with E-state index in [1.54, 1.807) is 13.2 Å². The van der Waals surface area contributed by atoms with Gasteiger partial charge in [-0.05, 0) is 30.9 Å². The van der Waals surface area contributed by atoms with Crippen molar-refractivity contribution >= 4 is 17.3 Å². The average molecular weight is 334 g/mol. The lowest BCUT2D eigenvalue weighted by Crippen LogP contribution is -2.08. The van der Waals surface area contributed by atoms with Gasteiger partial charge in [0.05, 0.1) is 19.8 Å². The monoisotopic (exact) mass is 334 g/mol. The summed E-state index contributed by atoms with van der Waals surface area (Å²) in [6.45, 7) is 1.10. The summed E-state index contributed by atoms with van der Waals surface area (Å²) in [5, 5.41) is 0.724. The Balaban J connectivity index is 2.03. The summed E-state index contributed by atoms with van der Waals surface area (Å²) in [4.78, 5) is 11.4.